The van der Waals surface area contributed by atoms with Crippen LogP contribution >= 0.6 is 0 Å². The molecule has 0 radical (unpaired) electrons. The van der Waals surface area contributed by atoms with Crippen molar-refractivity contribution in [3.63, 3.8) is 0 Å². The molecule has 1 heterocycles. The van der Waals surface area contributed by atoms with Crippen LogP contribution in [-0.4, -0.2) is 25.8 Å². The van der Waals surface area contributed by atoms with E-state index in [4.69, 9.17) is 5.73 Å². The van der Waals surface area contributed by atoms with E-state index in [1.807, 2.05) is 0 Å². The third-order valence-electron chi connectivity index (χ3n) is 3.74. The van der Waals surface area contributed by atoms with Crippen molar-refractivity contribution in [1.82, 2.24) is 4.31 Å². The van der Waals surface area contributed by atoms with Crippen LogP contribution in [0.1, 0.15) is 20.3 Å². The largest absolute Gasteiger partial charge is 0.396 e. The second-order valence-electron chi connectivity index (χ2n) is 5.34. The van der Waals surface area contributed by atoms with Crippen LogP contribution in [0.3, 0.4) is 0 Å². The van der Waals surface area contributed by atoms with E-state index < -0.39 is 15.8 Å². The highest BCUT2D eigenvalue weighted by molar-refractivity contribution is 7.89. The molecule has 1 aromatic rings. The average Bonchev–Trinajstić information content (AvgIpc) is 2.82. The molecule has 0 amide bonds. The second-order valence-corrected chi connectivity index (χ2v) is 7.28. The first-order valence-electron chi connectivity index (χ1n) is 6.37. The van der Waals surface area contributed by atoms with Gasteiger partial charge in [0.2, 0.25) is 10.0 Å². The molecule has 1 aliphatic heterocycles. The lowest BCUT2D eigenvalue weighted by atomic mass is 9.96. The molecule has 1 atom stereocenters. The fourth-order valence-corrected chi connectivity index (χ4v) is 3.90. The molecule has 0 aliphatic carbocycles. The Morgan fingerprint density at radius 1 is 1.42 bits per heavy atom. The third-order valence-corrected chi connectivity index (χ3v) is 5.60. The summed E-state index contributed by atoms with van der Waals surface area (Å²) < 4.78 is 39.4. The van der Waals surface area contributed by atoms with Crippen LogP contribution in [0, 0.1) is 17.7 Å². The normalized spacial score (nSPS) is 21.2. The van der Waals surface area contributed by atoms with Crippen molar-refractivity contribution in [1.29, 1.82) is 0 Å². The van der Waals surface area contributed by atoms with E-state index in [1.165, 1.54) is 16.4 Å². The predicted octanol–water partition coefficient (Wildman–Crippen LogP) is 2.07. The number of anilines is 1. The van der Waals surface area contributed by atoms with Gasteiger partial charge in [-0.3, -0.25) is 0 Å². The van der Waals surface area contributed by atoms with E-state index in [0.717, 1.165) is 12.5 Å². The van der Waals surface area contributed by atoms with Crippen molar-refractivity contribution in [2.45, 2.75) is 25.2 Å². The monoisotopic (exact) mass is 286 g/mol. The lowest BCUT2D eigenvalue weighted by molar-refractivity contribution is 0.388. The Hall–Kier alpha value is -1.14. The van der Waals surface area contributed by atoms with Crippen molar-refractivity contribution >= 4 is 15.7 Å². The van der Waals surface area contributed by atoms with Gasteiger partial charge in [-0.1, -0.05) is 13.8 Å². The predicted molar refractivity (Wildman–Crippen MR) is 72.5 cm³/mol. The van der Waals surface area contributed by atoms with Gasteiger partial charge in [-0.25, -0.2) is 12.8 Å². The van der Waals surface area contributed by atoms with E-state index >= 15 is 0 Å². The summed E-state index contributed by atoms with van der Waals surface area (Å²) in [5.74, 6) is 0.242. The lowest BCUT2D eigenvalue weighted by Crippen LogP contribution is -2.29. The highest BCUT2D eigenvalue weighted by atomic mass is 32.2. The average molecular weight is 286 g/mol. The molecule has 6 heteroatoms. The minimum absolute atomic E-state index is 0.0656. The summed E-state index contributed by atoms with van der Waals surface area (Å²) in [4.78, 5) is 0.0656. The number of benzene rings is 1. The zero-order valence-corrected chi connectivity index (χ0v) is 12.0. The molecule has 2 rings (SSSR count). The number of hydrogen-bond acceptors (Lipinski definition) is 3. The Morgan fingerprint density at radius 3 is 2.63 bits per heavy atom. The van der Waals surface area contributed by atoms with Crippen LogP contribution in [-0.2, 0) is 10.0 Å². The molecule has 4 nitrogen and oxygen atoms in total. The SMILES string of the molecule is CC(C)C1CCN(S(=O)(=O)c2ccc(F)c(N)c2)C1. The summed E-state index contributed by atoms with van der Waals surface area (Å²) in [6, 6.07) is 3.55. The smallest absolute Gasteiger partial charge is 0.243 e. The number of rotatable bonds is 3. The Morgan fingerprint density at radius 2 is 2.11 bits per heavy atom. The van der Waals surface area contributed by atoms with E-state index in [1.54, 1.807) is 0 Å². The number of nitrogens with two attached hydrogens (primary N) is 1. The van der Waals surface area contributed by atoms with Gasteiger partial charge in [-0.05, 0) is 36.5 Å². The summed E-state index contributed by atoms with van der Waals surface area (Å²) in [7, 11) is -3.56. The van der Waals surface area contributed by atoms with Gasteiger partial charge in [-0.2, -0.15) is 4.31 Å². The summed E-state index contributed by atoms with van der Waals surface area (Å²) in [6.07, 6.45) is 0.869. The van der Waals surface area contributed by atoms with Gasteiger partial charge < -0.3 is 5.73 Å². The molecule has 1 fully saturated rings. The molecule has 1 aromatic carbocycles. The Labute approximate surface area is 113 Å². The highest BCUT2D eigenvalue weighted by Crippen LogP contribution is 2.29. The topological polar surface area (TPSA) is 63.4 Å². The quantitative estimate of drug-likeness (QED) is 0.865. The fourth-order valence-electron chi connectivity index (χ4n) is 2.35. The number of halogens is 1. The summed E-state index contributed by atoms with van der Waals surface area (Å²) in [5.41, 5.74) is 5.30. The van der Waals surface area contributed by atoms with Crippen LogP contribution < -0.4 is 5.73 Å². The zero-order chi connectivity index (χ0) is 14.2. The van der Waals surface area contributed by atoms with Gasteiger partial charge >= 0.3 is 0 Å². The number of nitrogens with zero attached hydrogens (tertiary/aromatic N) is 1. The molecular weight excluding hydrogens is 267 g/mol. The Balaban J connectivity index is 2.26. The Kier molecular flexibility index (Phi) is 3.82. The number of hydrogen-bond donors (Lipinski definition) is 1. The molecule has 2 N–H and O–H groups in total. The van der Waals surface area contributed by atoms with Crippen molar-refractivity contribution < 1.29 is 12.8 Å². The van der Waals surface area contributed by atoms with Crippen molar-refractivity contribution in [2.75, 3.05) is 18.8 Å². The van der Waals surface area contributed by atoms with Crippen LogP contribution in [0.4, 0.5) is 10.1 Å². The number of nitrogen functional groups attached to an aromatic ring is 1. The van der Waals surface area contributed by atoms with E-state index in [2.05, 4.69) is 13.8 Å². The first-order chi connectivity index (χ1) is 8.82. The molecule has 106 valence electrons. The molecule has 1 saturated heterocycles. The molecule has 19 heavy (non-hydrogen) atoms. The molecular formula is C13H19FN2O2S. The van der Waals surface area contributed by atoms with E-state index in [9.17, 15) is 12.8 Å². The number of sulfonamides is 1. The van der Waals surface area contributed by atoms with Crippen LogP contribution in [0.15, 0.2) is 23.1 Å². The minimum atomic E-state index is -3.56. The fraction of sp³-hybridized carbons (Fsp3) is 0.538. The summed E-state index contributed by atoms with van der Waals surface area (Å²) >= 11 is 0. The van der Waals surface area contributed by atoms with Crippen molar-refractivity contribution in [2.24, 2.45) is 11.8 Å². The van der Waals surface area contributed by atoms with Gasteiger partial charge in [-0.15, -0.1) is 0 Å². The molecule has 0 spiro atoms. The van der Waals surface area contributed by atoms with Crippen molar-refractivity contribution in [3.05, 3.63) is 24.0 Å². The molecule has 0 bridgehead atoms. The molecule has 0 aromatic heterocycles. The maximum absolute atomic E-state index is 13.1. The zero-order valence-electron chi connectivity index (χ0n) is 11.1. The first-order valence-corrected chi connectivity index (χ1v) is 7.81. The van der Waals surface area contributed by atoms with Gasteiger partial charge in [0.1, 0.15) is 5.82 Å². The van der Waals surface area contributed by atoms with Crippen LogP contribution in [0.25, 0.3) is 0 Å². The molecule has 0 saturated carbocycles. The lowest BCUT2D eigenvalue weighted by Gasteiger charge is -2.18. The highest BCUT2D eigenvalue weighted by Gasteiger charge is 2.33. The third kappa shape index (κ3) is 2.74. The minimum Gasteiger partial charge on any atom is -0.396 e. The van der Waals surface area contributed by atoms with E-state index in [0.29, 0.717) is 24.9 Å². The van der Waals surface area contributed by atoms with Gasteiger partial charge in [0.25, 0.3) is 0 Å². The van der Waals surface area contributed by atoms with Crippen LogP contribution in [0.5, 0.6) is 0 Å². The maximum atomic E-state index is 13.1. The van der Waals surface area contributed by atoms with Gasteiger partial charge in [0.05, 0.1) is 10.6 Å². The van der Waals surface area contributed by atoms with Gasteiger partial charge in [0.15, 0.2) is 0 Å². The maximum Gasteiger partial charge on any atom is 0.243 e. The summed E-state index contributed by atoms with van der Waals surface area (Å²) in [5, 5.41) is 0. The first kappa shape index (κ1) is 14.3. The molecule has 1 aliphatic rings. The standard InChI is InChI=1S/C13H19FN2O2S/c1-9(2)10-5-6-16(8-10)19(17,18)11-3-4-12(14)13(15)7-11/h3-4,7,9-10H,5-6,8,15H2,1-2H3. The second kappa shape index (κ2) is 5.09. The van der Waals surface area contributed by atoms with E-state index in [-0.39, 0.29) is 10.6 Å². The van der Waals surface area contributed by atoms with Crippen molar-refractivity contribution in [3.8, 4) is 0 Å². The van der Waals surface area contributed by atoms with Gasteiger partial charge in [0, 0.05) is 13.1 Å². The summed E-state index contributed by atoms with van der Waals surface area (Å²) in [6.45, 7) is 5.23. The van der Waals surface area contributed by atoms with Crippen LogP contribution in [0.2, 0.25) is 0 Å². The Bertz CT molecular complexity index is 572. The molecule has 1 unspecified atom stereocenters.